The molecule has 0 aromatic carbocycles. The third-order valence-electron chi connectivity index (χ3n) is 1.95. The fourth-order valence-corrected chi connectivity index (χ4v) is 1.30. The van der Waals surface area contributed by atoms with E-state index in [-0.39, 0.29) is 18.9 Å². The number of rotatable bonds is 4. The van der Waals surface area contributed by atoms with Crippen molar-refractivity contribution in [2.24, 2.45) is 5.11 Å². The Hall–Kier alpha value is -2.07. The van der Waals surface area contributed by atoms with E-state index in [1.165, 1.54) is 0 Å². The van der Waals surface area contributed by atoms with Crippen LogP contribution in [0.5, 0.6) is 0 Å². The molecule has 0 N–H and O–H groups in total. The molecule has 1 aromatic heterocycles. The first-order chi connectivity index (χ1) is 8.40. The molecule has 1 rings (SSSR count). The molecule has 0 spiro atoms. The summed E-state index contributed by atoms with van der Waals surface area (Å²) < 4.78 is 5.20. The number of nitrogens with zero attached hydrogens (tertiary/aromatic N) is 4. The molecule has 1 aromatic rings. The smallest absolute Gasteiger partial charge is 0.310 e. The van der Waals surface area contributed by atoms with Crippen LogP contribution in [0.15, 0.2) is 23.4 Å². The van der Waals surface area contributed by atoms with E-state index in [0.29, 0.717) is 5.69 Å². The van der Waals surface area contributed by atoms with E-state index in [0.717, 1.165) is 5.56 Å². The minimum atomic E-state index is -0.480. The number of carbonyl (C=O) groups is 1. The molecular formula is C12H16N4O2. The molecular weight excluding hydrogens is 232 g/mol. The maximum atomic E-state index is 11.6. The van der Waals surface area contributed by atoms with Gasteiger partial charge in [-0.3, -0.25) is 9.78 Å². The molecule has 0 aliphatic carbocycles. The number of ether oxygens (including phenoxy) is 1. The van der Waals surface area contributed by atoms with Crippen molar-refractivity contribution in [3.8, 4) is 0 Å². The van der Waals surface area contributed by atoms with Crippen LogP contribution in [-0.2, 0) is 22.5 Å². The number of pyridine rings is 1. The van der Waals surface area contributed by atoms with Gasteiger partial charge in [-0.15, -0.1) is 0 Å². The van der Waals surface area contributed by atoms with Gasteiger partial charge in [0.2, 0.25) is 0 Å². The van der Waals surface area contributed by atoms with Gasteiger partial charge in [-0.25, -0.2) is 0 Å². The summed E-state index contributed by atoms with van der Waals surface area (Å²) >= 11 is 0. The van der Waals surface area contributed by atoms with Crippen LogP contribution in [0.2, 0.25) is 0 Å². The van der Waals surface area contributed by atoms with E-state index >= 15 is 0 Å². The molecule has 1 heterocycles. The van der Waals surface area contributed by atoms with Crippen molar-refractivity contribution < 1.29 is 9.53 Å². The van der Waals surface area contributed by atoms with Gasteiger partial charge in [0.15, 0.2) is 0 Å². The predicted molar refractivity (Wildman–Crippen MR) is 66.6 cm³/mol. The molecule has 0 bridgehead atoms. The monoisotopic (exact) mass is 248 g/mol. The molecule has 0 saturated heterocycles. The van der Waals surface area contributed by atoms with Gasteiger partial charge in [-0.05, 0) is 37.9 Å². The molecule has 18 heavy (non-hydrogen) atoms. The van der Waals surface area contributed by atoms with Crippen LogP contribution in [0.3, 0.4) is 0 Å². The molecule has 0 fully saturated rings. The normalized spacial score (nSPS) is 10.6. The molecule has 0 amide bonds. The second-order valence-corrected chi connectivity index (χ2v) is 4.81. The van der Waals surface area contributed by atoms with Crippen molar-refractivity contribution in [1.82, 2.24) is 4.98 Å². The zero-order chi connectivity index (χ0) is 13.6. The van der Waals surface area contributed by atoms with E-state index in [9.17, 15) is 4.79 Å². The van der Waals surface area contributed by atoms with Gasteiger partial charge in [0.1, 0.15) is 5.60 Å². The average Bonchev–Trinajstić information content (AvgIpc) is 2.25. The Balaban J connectivity index is 2.58. The number of hydrogen-bond acceptors (Lipinski definition) is 4. The highest BCUT2D eigenvalue weighted by molar-refractivity contribution is 5.72. The summed E-state index contributed by atoms with van der Waals surface area (Å²) in [6, 6.07) is 3.51. The van der Waals surface area contributed by atoms with Crippen molar-refractivity contribution in [2.45, 2.75) is 39.3 Å². The van der Waals surface area contributed by atoms with Crippen LogP contribution in [-0.4, -0.2) is 16.6 Å². The van der Waals surface area contributed by atoms with Gasteiger partial charge in [-0.2, -0.15) is 0 Å². The molecule has 0 saturated carbocycles. The fourth-order valence-electron chi connectivity index (χ4n) is 1.30. The Morgan fingerprint density at radius 3 is 2.72 bits per heavy atom. The summed E-state index contributed by atoms with van der Waals surface area (Å²) in [5.41, 5.74) is 9.14. The first kappa shape index (κ1) is 14.0. The Morgan fingerprint density at radius 2 is 2.22 bits per heavy atom. The number of aromatic nitrogens is 1. The Labute approximate surface area is 106 Å². The van der Waals surface area contributed by atoms with Crippen LogP contribution in [0.4, 0.5) is 0 Å². The lowest BCUT2D eigenvalue weighted by molar-refractivity contribution is -0.153. The maximum absolute atomic E-state index is 11.6. The highest BCUT2D eigenvalue weighted by Gasteiger charge is 2.16. The number of carbonyl (C=O) groups excluding carboxylic acids is 1. The highest BCUT2D eigenvalue weighted by atomic mass is 16.6. The SMILES string of the molecule is CC(C)(C)OC(=O)Cc1ccc(CN=[N+]=[N-])nc1. The summed E-state index contributed by atoms with van der Waals surface area (Å²) in [7, 11) is 0. The summed E-state index contributed by atoms with van der Waals surface area (Å²) in [6.45, 7) is 5.69. The summed E-state index contributed by atoms with van der Waals surface area (Å²) in [5.74, 6) is -0.285. The molecule has 96 valence electrons. The lowest BCUT2D eigenvalue weighted by Gasteiger charge is -2.19. The van der Waals surface area contributed by atoms with Gasteiger partial charge < -0.3 is 4.74 Å². The highest BCUT2D eigenvalue weighted by Crippen LogP contribution is 2.10. The number of azide groups is 1. The average molecular weight is 248 g/mol. The van der Waals surface area contributed by atoms with Gasteiger partial charge in [0.05, 0.1) is 13.0 Å². The van der Waals surface area contributed by atoms with Crippen molar-refractivity contribution in [2.75, 3.05) is 0 Å². The van der Waals surface area contributed by atoms with Crippen molar-refractivity contribution in [3.63, 3.8) is 0 Å². The van der Waals surface area contributed by atoms with Gasteiger partial charge >= 0.3 is 5.97 Å². The van der Waals surface area contributed by atoms with Gasteiger partial charge in [0, 0.05) is 16.8 Å². The molecule has 6 nitrogen and oxygen atoms in total. The van der Waals surface area contributed by atoms with Crippen LogP contribution in [0, 0.1) is 0 Å². The van der Waals surface area contributed by atoms with Crippen LogP contribution < -0.4 is 0 Å². The maximum Gasteiger partial charge on any atom is 0.310 e. The van der Waals surface area contributed by atoms with Crippen molar-refractivity contribution in [1.29, 1.82) is 0 Å². The second-order valence-electron chi connectivity index (χ2n) is 4.81. The van der Waals surface area contributed by atoms with Crippen LogP contribution >= 0.6 is 0 Å². The van der Waals surface area contributed by atoms with Crippen LogP contribution in [0.1, 0.15) is 32.0 Å². The molecule has 0 aliphatic heterocycles. The van der Waals surface area contributed by atoms with E-state index < -0.39 is 5.60 Å². The lowest BCUT2D eigenvalue weighted by atomic mass is 10.1. The van der Waals surface area contributed by atoms with E-state index in [2.05, 4.69) is 15.0 Å². The van der Waals surface area contributed by atoms with E-state index in [1.54, 1.807) is 18.3 Å². The molecule has 0 radical (unpaired) electrons. The Bertz CT molecular complexity index is 456. The third kappa shape index (κ3) is 5.32. The van der Waals surface area contributed by atoms with Crippen molar-refractivity contribution in [3.05, 3.63) is 40.0 Å². The molecule has 6 heteroatoms. The topological polar surface area (TPSA) is 88.0 Å². The zero-order valence-corrected chi connectivity index (χ0v) is 10.8. The molecule has 0 aliphatic rings. The lowest BCUT2D eigenvalue weighted by Crippen LogP contribution is -2.24. The summed E-state index contributed by atoms with van der Waals surface area (Å²) in [6.07, 6.45) is 1.78. The number of esters is 1. The summed E-state index contributed by atoms with van der Waals surface area (Å²) in [4.78, 5) is 18.3. The zero-order valence-electron chi connectivity index (χ0n) is 10.8. The quantitative estimate of drug-likeness (QED) is 0.355. The van der Waals surface area contributed by atoms with Gasteiger partial charge in [0.25, 0.3) is 0 Å². The van der Waals surface area contributed by atoms with Crippen LogP contribution in [0.25, 0.3) is 10.4 Å². The molecule has 0 atom stereocenters. The Morgan fingerprint density at radius 1 is 1.50 bits per heavy atom. The first-order valence-electron chi connectivity index (χ1n) is 5.57. The minimum absolute atomic E-state index is 0.187. The minimum Gasteiger partial charge on any atom is -0.460 e. The standard InChI is InChI=1S/C12H16N4O2/c1-12(2,3)18-11(17)6-9-4-5-10(14-7-9)8-15-16-13/h4-5,7H,6,8H2,1-3H3. The number of hydrogen-bond donors (Lipinski definition) is 0. The van der Waals surface area contributed by atoms with Gasteiger partial charge in [-0.1, -0.05) is 11.2 Å². The summed E-state index contributed by atoms with van der Waals surface area (Å²) in [5, 5.41) is 3.41. The Kier molecular flexibility index (Phi) is 4.68. The first-order valence-corrected chi connectivity index (χ1v) is 5.57. The largest absolute Gasteiger partial charge is 0.460 e. The third-order valence-corrected chi connectivity index (χ3v) is 1.95. The van der Waals surface area contributed by atoms with Crippen molar-refractivity contribution >= 4 is 5.97 Å². The molecule has 0 unspecified atom stereocenters. The van der Waals surface area contributed by atoms with E-state index in [4.69, 9.17) is 10.3 Å². The predicted octanol–water partition coefficient (Wildman–Crippen LogP) is 2.78. The fraction of sp³-hybridized carbons (Fsp3) is 0.500. The second kappa shape index (κ2) is 6.02. The van der Waals surface area contributed by atoms with E-state index in [1.807, 2.05) is 20.8 Å².